The summed E-state index contributed by atoms with van der Waals surface area (Å²) in [4.78, 5) is 25.1. The van der Waals surface area contributed by atoms with Gasteiger partial charge in [0.15, 0.2) is 5.82 Å². The normalized spacial score (nSPS) is 13.3. The zero-order valence-electron chi connectivity index (χ0n) is 15.7. The van der Waals surface area contributed by atoms with Crippen molar-refractivity contribution in [1.82, 2.24) is 19.7 Å². The monoisotopic (exact) mass is 378 g/mol. The number of nitrogens with zero attached hydrogens (tertiary/aromatic N) is 3. The van der Waals surface area contributed by atoms with Crippen molar-refractivity contribution < 1.29 is 9.53 Å². The van der Waals surface area contributed by atoms with Crippen LogP contribution < -0.4 is 15.7 Å². The molecule has 3 aromatic rings. The van der Waals surface area contributed by atoms with E-state index in [0.29, 0.717) is 30.2 Å². The number of hydrogen-bond donors (Lipinski definition) is 1. The Hall–Kier alpha value is -3.35. The number of methoxy groups -OCH3 is 1. The minimum atomic E-state index is -0.194. The molecule has 0 unspecified atom stereocenters. The molecule has 0 atom stereocenters. The first-order chi connectivity index (χ1) is 13.7. The third-order valence-electron chi connectivity index (χ3n) is 4.78. The first-order valence-corrected chi connectivity index (χ1v) is 9.34. The summed E-state index contributed by atoms with van der Waals surface area (Å²) >= 11 is 0. The van der Waals surface area contributed by atoms with Crippen molar-refractivity contribution in [2.45, 2.75) is 25.4 Å². The Morgan fingerprint density at radius 2 is 1.86 bits per heavy atom. The topological polar surface area (TPSA) is 78.2 Å². The number of nitrogens with one attached hydrogen (secondary N) is 1. The maximum absolute atomic E-state index is 12.8. The lowest BCUT2D eigenvalue weighted by molar-refractivity contribution is 0.0951. The van der Waals surface area contributed by atoms with E-state index in [2.05, 4.69) is 10.4 Å². The molecule has 0 radical (unpaired) electrons. The van der Waals surface area contributed by atoms with E-state index in [1.165, 1.54) is 4.68 Å². The van der Waals surface area contributed by atoms with E-state index in [0.717, 1.165) is 18.4 Å². The molecular formula is C21H22N4O3. The van der Waals surface area contributed by atoms with E-state index in [-0.39, 0.29) is 17.6 Å². The Kier molecular flexibility index (Phi) is 4.97. The van der Waals surface area contributed by atoms with Crippen LogP contribution in [0.2, 0.25) is 0 Å². The van der Waals surface area contributed by atoms with E-state index in [1.807, 2.05) is 30.3 Å². The van der Waals surface area contributed by atoms with Crippen LogP contribution in [0.3, 0.4) is 0 Å². The first kappa shape index (κ1) is 18.0. The molecular weight excluding hydrogens is 356 g/mol. The van der Waals surface area contributed by atoms with Gasteiger partial charge in [-0.05, 0) is 37.1 Å². The molecule has 144 valence electrons. The van der Waals surface area contributed by atoms with Gasteiger partial charge in [-0.2, -0.15) is 0 Å². The third kappa shape index (κ3) is 3.69. The fourth-order valence-corrected chi connectivity index (χ4v) is 3.13. The highest BCUT2D eigenvalue weighted by molar-refractivity contribution is 5.94. The van der Waals surface area contributed by atoms with Gasteiger partial charge in [0.2, 0.25) is 0 Å². The Labute approximate surface area is 162 Å². The predicted octanol–water partition coefficient (Wildman–Crippen LogP) is 2.49. The molecule has 0 spiro atoms. The van der Waals surface area contributed by atoms with E-state index in [4.69, 9.17) is 4.74 Å². The largest absolute Gasteiger partial charge is 0.497 e. The molecule has 7 nitrogen and oxygen atoms in total. The lowest BCUT2D eigenvalue weighted by atomic mass is 10.2. The second kappa shape index (κ2) is 7.72. The van der Waals surface area contributed by atoms with Crippen molar-refractivity contribution in [3.8, 4) is 17.1 Å². The van der Waals surface area contributed by atoms with Crippen molar-refractivity contribution in [2.75, 3.05) is 13.7 Å². The van der Waals surface area contributed by atoms with Crippen LogP contribution in [0.5, 0.6) is 5.75 Å². The zero-order valence-corrected chi connectivity index (χ0v) is 15.7. The summed E-state index contributed by atoms with van der Waals surface area (Å²) in [6, 6.07) is 16.8. The van der Waals surface area contributed by atoms with E-state index in [9.17, 15) is 9.59 Å². The highest BCUT2D eigenvalue weighted by atomic mass is 16.5. The van der Waals surface area contributed by atoms with Gasteiger partial charge in [-0.15, -0.1) is 5.10 Å². The fraction of sp³-hybridized carbons (Fsp3) is 0.286. The van der Waals surface area contributed by atoms with Crippen LogP contribution in [0.15, 0.2) is 59.4 Å². The minimum absolute atomic E-state index is 0.125. The Morgan fingerprint density at radius 1 is 1.14 bits per heavy atom. The molecule has 1 fully saturated rings. The molecule has 28 heavy (non-hydrogen) atoms. The van der Waals surface area contributed by atoms with Crippen molar-refractivity contribution in [3.63, 3.8) is 0 Å². The highest BCUT2D eigenvalue weighted by Gasteiger charge is 2.30. The molecule has 1 aliphatic rings. The van der Waals surface area contributed by atoms with Crippen LogP contribution in [0, 0.1) is 0 Å². The summed E-state index contributed by atoms with van der Waals surface area (Å²) in [5.41, 5.74) is 1.34. The quantitative estimate of drug-likeness (QED) is 0.685. The molecule has 0 bridgehead atoms. The summed E-state index contributed by atoms with van der Waals surface area (Å²) in [5, 5.41) is 7.37. The average molecular weight is 378 g/mol. The van der Waals surface area contributed by atoms with Crippen LogP contribution in [0.4, 0.5) is 0 Å². The molecule has 1 amide bonds. The number of carbonyl (C=O) groups is 1. The maximum atomic E-state index is 12.8. The van der Waals surface area contributed by atoms with Crippen LogP contribution in [0.25, 0.3) is 11.4 Å². The Balaban J connectivity index is 1.46. The van der Waals surface area contributed by atoms with Crippen LogP contribution in [-0.2, 0) is 6.54 Å². The number of benzene rings is 2. The second-order valence-corrected chi connectivity index (χ2v) is 6.78. The summed E-state index contributed by atoms with van der Waals surface area (Å²) < 4.78 is 8.31. The Morgan fingerprint density at radius 3 is 2.50 bits per heavy atom. The lowest BCUT2D eigenvalue weighted by Gasteiger charge is -2.06. The zero-order chi connectivity index (χ0) is 19.5. The highest BCUT2D eigenvalue weighted by Crippen LogP contribution is 2.36. The predicted molar refractivity (Wildman–Crippen MR) is 106 cm³/mol. The molecule has 1 aromatic heterocycles. The fourth-order valence-electron chi connectivity index (χ4n) is 3.13. The smallest absolute Gasteiger partial charge is 0.346 e. The van der Waals surface area contributed by atoms with Gasteiger partial charge in [-0.3, -0.25) is 9.36 Å². The van der Waals surface area contributed by atoms with Crippen molar-refractivity contribution in [2.24, 2.45) is 0 Å². The second-order valence-electron chi connectivity index (χ2n) is 6.78. The van der Waals surface area contributed by atoms with Crippen molar-refractivity contribution in [1.29, 1.82) is 0 Å². The number of rotatable bonds is 7. The molecule has 2 aromatic carbocycles. The molecule has 4 rings (SSSR count). The summed E-state index contributed by atoms with van der Waals surface area (Å²) in [5.74, 6) is 1.19. The number of aromatic nitrogens is 3. The first-order valence-electron chi connectivity index (χ1n) is 9.34. The minimum Gasteiger partial charge on any atom is -0.497 e. The van der Waals surface area contributed by atoms with Gasteiger partial charge in [0, 0.05) is 23.7 Å². The third-order valence-corrected chi connectivity index (χ3v) is 4.78. The average Bonchev–Trinajstić information content (AvgIpc) is 3.52. The molecule has 0 saturated heterocycles. The maximum Gasteiger partial charge on any atom is 0.346 e. The van der Waals surface area contributed by atoms with Gasteiger partial charge in [0.1, 0.15) is 5.75 Å². The number of carbonyl (C=O) groups excluding carboxylic acids is 1. The summed E-state index contributed by atoms with van der Waals surface area (Å²) in [7, 11) is 1.58. The van der Waals surface area contributed by atoms with Gasteiger partial charge in [0.05, 0.1) is 13.7 Å². The van der Waals surface area contributed by atoms with Crippen LogP contribution in [0.1, 0.15) is 29.2 Å². The SMILES string of the molecule is COc1ccc(C(=O)NCCn2nc(-c3ccccc3)n(C3CC3)c2=O)cc1. The van der Waals surface area contributed by atoms with Crippen LogP contribution in [-0.4, -0.2) is 33.9 Å². The number of amides is 1. The van der Waals surface area contributed by atoms with Crippen molar-refractivity contribution >= 4 is 5.91 Å². The molecule has 1 heterocycles. The van der Waals surface area contributed by atoms with Gasteiger partial charge < -0.3 is 10.1 Å². The van der Waals surface area contributed by atoms with Gasteiger partial charge >= 0.3 is 5.69 Å². The number of hydrogen-bond acceptors (Lipinski definition) is 4. The van der Waals surface area contributed by atoms with E-state index < -0.39 is 0 Å². The standard InChI is InChI=1S/C21H22N4O3/c1-28-18-11-7-16(8-12-18)20(26)22-13-14-24-21(27)25(17-9-10-17)19(23-24)15-5-3-2-4-6-15/h2-8,11-12,17H,9-10,13-14H2,1H3,(H,22,26). The summed E-state index contributed by atoms with van der Waals surface area (Å²) in [6.45, 7) is 0.640. The molecule has 1 aliphatic carbocycles. The number of ether oxygens (including phenoxy) is 1. The van der Waals surface area contributed by atoms with Gasteiger partial charge in [0.25, 0.3) is 5.91 Å². The molecule has 1 saturated carbocycles. The van der Waals surface area contributed by atoms with Crippen LogP contribution >= 0.6 is 0 Å². The van der Waals surface area contributed by atoms with Gasteiger partial charge in [-0.1, -0.05) is 30.3 Å². The molecule has 7 heteroatoms. The van der Waals surface area contributed by atoms with Gasteiger partial charge in [-0.25, -0.2) is 9.48 Å². The molecule has 1 N–H and O–H groups in total. The van der Waals surface area contributed by atoms with E-state index >= 15 is 0 Å². The van der Waals surface area contributed by atoms with E-state index in [1.54, 1.807) is 35.9 Å². The molecule has 0 aliphatic heterocycles. The summed E-state index contributed by atoms with van der Waals surface area (Å²) in [6.07, 6.45) is 2.00. The lowest BCUT2D eigenvalue weighted by Crippen LogP contribution is -2.32. The van der Waals surface area contributed by atoms with Crippen molar-refractivity contribution in [3.05, 3.63) is 70.6 Å². The Bertz CT molecular complexity index is 1020.